The van der Waals surface area contributed by atoms with Gasteiger partial charge in [0.15, 0.2) is 5.82 Å². The van der Waals surface area contributed by atoms with Crippen molar-refractivity contribution in [2.45, 2.75) is 51.0 Å². The van der Waals surface area contributed by atoms with Crippen LogP contribution in [0.15, 0.2) is 36.7 Å². The summed E-state index contributed by atoms with van der Waals surface area (Å²) in [5, 5.41) is 13.7. The largest absolute Gasteiger partial charge is 0.326 e. The van der Waals surface area contributed by atoms with Gasteiger partial charge in [0.05, 0.1) is 11.9 Å². The maximum absolute atomic E-state index is 13.6. The summed E-state index contributed by atoms with van der Waals surface area (Å²) < 4.78 is 15.4. The third kappa shape index (κ3) is 3.86. The van der Waals surface area contributed by atoms with Crippen LogP contribution in [0.25, 0.3) is 5.65 Å². The number of anilines is 4. The fraction of sp³-hybridized carbons (Fsp3) is 0.375. The summed E-state index contributed by atoms with van der Waals surface area (Å²) in [5.41, 5.74) is 1.79. The van der Waals surface area contributed by atoms with E-state index < -0.39 is 11.5 Å². The summed E-state index contributed by atoms with van der Waals surface area (Å²) in [4.78, 5) is 28.6. The van der Waals surface area contributed by atoms with Crippen molar-refractivity contribution < 1.29 is 9.18 Å². The van der Waals surface area contributed by atoms with Gasteiger partial charge in [-0.1, -0.05) is 0 Å². The molecule has 1 aliphatic heterocycles. The maximum Gasteiger partial charge on any atom is 0.250 e. The lowest BCUT2D eigenvalue weighted by Gasteiger charge is -2.34. The summed E-state index contributed by atoms with van der Waals surface area (Å²) in [6, 6.07) is 7.39. The highest BCUT2D eigenvalue weighted by Gasteiger charge is 2.45. The zero-order chi connectivity index (χ0) is 24.2. The number of nitrogens with one attached hydrogen (secondary N) is 3. The van der Waals surface area contributed by atoms with Crippen molar-refractivity contribution in [3.8, 4) is 0 Å². The van der Waals surface area contributed by atoms with E-state index in [-0.39, 0.29) is 5.91 Å². The van der Waals surface area contributed by atoms with Gasteiger partial charge in [0, 0.05) is 36.0 Å². The van der Waals surface area contributed by atoms with Gasteiger partial charge in [0.25, 0.3) is 0 Å². The SMILES string of the molecule is Cc1cc(NC(=O)[C@]2(C)CCCN2c2nc(Nc3cc(C4CC4)[nH]n3)n3cccc3n2)cnc1F. The number of H-pyrrole nitrogens is 1. The number of aromatic nitrogens is 6. The van der Waals surface area contributed by atoms with Gasteiger partial charge in [-0.05, 0) is 57.7 Å². The van der Waals surface area contributed by atoms with Crippen LogP contribution in [0.2, 0.25) is 0 Å². The molecule has 2 aliphatic rings. The molecule has 1 saturated carbocycles. The highest BCUT2D eigenvalue weighted by molar-refractivity contribution is 6.00. The number of aromatic amines is 1. The maximum atomic E-state index is 13.6. The Morgan fingerprint density at radius 2 is 2.14 bits per heavy atom. The standard InChI is InChI=1S/C24H26FN9O/c1-14-11-16(13-26-20(14)25)27-21(35)24(2)8-4-10-34(24)23-29-19-5-3-9-33(19)22(30-23)28-18-12-17(31-32-18)15-6-7-15/h3,5,9,11-13,15H,4,6-8,10H2,1-2H3,(H,27,35)(H2,28,29,30,31,32)/t24-/m0/s1. The van der Waals surface area contributed by atoms with E-state index in [0.29, 0.717) is 53.5 Å². The molecular weight excluding hydrogens is 449 g/mol. The van der Waals surface area contributed by atoms with Crippen molar-refractivity contribution in [1.82, 2.24) is 29.5 Å². The predicted octanol–water partition coefficient (Wildman–Crippen LogP) is 3.91. The van der Waals surface area contributed by atoms with Gasteiger partial charge >= 0.3 is 0 Å². The van der Waals surface area contributed by atoms with E-state index in [4.69, 9.17) is 9.97 Å². The molecule has 0 spiro atoms. The first kappa shape index (κ1) is 21.5. The number of aryl methyl sites for hydroxylation is 1. The molecule has 0 bridgehead atoms. The molecule has 0 aromatic carbocycles. The van der Waals surface area contributed by atoms with E-state index in [2.05, 4.69) is 25.8 Å². The molecule has 2 fully saturated rings. The molecular formula is C24H26FN9O. The molecule has 4 aromatic heterocycles. The van der Waals surface area contributed by atoms with Crippen molar-refractivity contribution in [3.63, 3.8) is 0 Å². The second kappa shape index (κ2) is 8.03. The number of fused-ring (bicyclic) bond motifs is 1. The molecule has 6 rings (SSSR count). The predicted molar refractivity (Wildman–Crippen MR) is 129 cm³/mol. The average Bonchev–Trinajstić information content (AvgIpc) is 3.20. The van der Waals surface area contributed by atoms with Crippen molar-refractivity contribution in [2.24, 2.45) is 0 Å². The Morgan fingerprint density at radius 1 is 1.29 bits per heavy atom. The first-order valence-electron chi connectivity index (χ1n) is 11.8. The van der Waals surface area contributed by atoms with Crippen LogP contribution in [0.5, 0.6) is 0 Å². The van der Waals surface area contributed by atoms with Crippen molar-refractivity contribution in [1.29, 1.82) is 0 Å². The number of hydrogen-bond acceptors (Lipinski definition) is 7. The highest BCUT2D eigenvalue weighted by atomic mass is 19.1. The van der Waals surface area contributed by atoms with Crippen LogP contribution in [-0.2, 0) is 4.79 Å². The van der Waals surface area contributed by atoms with Gasteiger partial charge in [-0.3, -0.25) is 14.3 Å². The monoisotopic (exact) mass is 475 g/mol. The number of amides is 1. The third-order valence-corrected chi connectivity index (χ3v) is 6.87. The van der Waals surface area contributed by atoms with Gasteiger partial charge < -0.3 is 15.5 Å². The zero-order valence-corrected chi connectivity index (χ0v) is 19.5. The van der Waals surface area contributed by atoms with Gasteiger partial charge in [-0.2, -0.15) is 19.5 Å². The molecule has 5 heterocycles. The summed E-state index contributed by atoms with van der Waals surface area (Å²) in [6.45, 7) is 4.13. The van der Waals surface area contributed by atoms with E-state index in [1.54, 1.807) is 13.0 Å². The first-order chi connectivity index (χ1) is 16.9. The fourth-order valence-corrected chi connectivity index (χ4v) is 4.66. The number of rotatable bonds is 6. The lowest BCUT2D eigenvalue weighted by molar-refractivity contribution is -0.120. The van der Waals surface area contributed by atoms with Crippen LogP contribution in [-0.4, -0.2) is 47.5 Å². The summed E-state index contributed by atoms with van der Waals surface area (Å²) in [7, 11) is 0. The molecule has 3 N–H and O–H groups in total. The van der Waals surface area contributed by atoms with E-state index in [9.17, 15) is 9.18 Å². The molecule has 0 unspecified atom stereocenters. The third-order valence-electron chi connectivity index (χ3n) is 6.87. The lowest BCUT2D eigenvalue weighted by atomic mass is 9.97. The number of hydrogen-bond donors (Lipinski definition) is 3. The normalized spacial score (nSPS) is 19.9. The Morgan fingerprint density at radius 3 is 2.94 bits per heavy atom. The molecule has 11 heteroatoms. The van der Waals surface area contributed by atoms with Crippen LogP contribution < -0.4 is 15.5 Å². The van der Waals surface area contributed by atoms with E-state index in [0.717, 1.165) is 12.1 Å². The van der Waals surface area contributed by atoms with Gasteiger partial charge in [-0.25, -0.2) is 4.98 Å². The molecule has 180 valence electrons. The Balaban J connectivity index is 1.30. The molecule has 1 aliphatic carbocycles. The summed E-state index contributed by atoms with van der Waals surface area (Å²) in [5.74, 6) is 1.52. The van der Waals surface area contributed by atoms with Gasteiger partial charge in [0.2, 0.25) is 23.8 Å². The molecule has 0 radical (unpaired) electrons. The first-order valence-corrected chi connectivity index (χ1v) is 11.8. The van der Waals surface area contributed by atoms with Crippen molar-refractivity contribution in [3.05, 3.63) is 53.9 Å². The van der Waals surface area contributed by atoms with E-state index in [1.165, 1.54) is 19.0 Å². The zero-order valence-electron chi connectivity index (χ0n) is 19.5. The molecule has 1 saturated heterocycles. The van der Waals surface area contributed by atoms with Gasteiger partial charge in [-0.15, -0.1) is 0 Å². The average molecular weight is 476 g/mol. The van der Waals surface area contributed by atoms with Crippen molar-refractivity contribution in [2.75, 3.05) is 22.1 Å². The van der Waals surface area contributed by atoms with E-state index >= 15 is 0 Å². The molecule has 35 heavy (non-hydrogen) atoms. The Labute approximate surface area is 201 Å². The summed E-state index contributed by atoms with van der Waals surface area (Å²) in [6.07, 6.45) is 7.03. The Hall–Kier alpha value is -4.02. The van der Waals surface area contributed by atoms with Crippen molar-refractivity contribution >= 4 is 35.0 Å². The number of halogens is 1. The minimum Gasteiger partial charge on any atom is -0.326 e. The quantitative estimate of drug-likeness (QED) is 0.362. The smallest absolute Gasteiger partial charge is 0.250 e. The highest BCUT2D eigenvalue weighted by Crippen LogP contribution is 2.40. The van der Waals surface area contributed by atoms with Crippen LogP contribution >= 0.6 is 0 Å². The molecule has 1 atom stereocenters. The minimum atomic E-state index is -0.879. The Kier molecular flexibility index (Phi) is 4.94. The number of nitrogens with zero attached hydrogens (tertiary/aromatic N) is 6. The van der Waals surface area contributed by atoms with Crippen LogP contribution in [0, 0.1) is 12.9 Å². The summed E-state index contributed by atoms with van der Waals surface area (Å²) >= 11 is 0. The molecule has 1 amide bonds. The fourth-order valence-electron chi connectivity index (χ4n) is 4.66. The molecule has 4 aromatic rings. The van der Waals surface area contributed by atoms with Crippen LogP contribution in [0.4, 0.5) is 27.8 Å². The van der Waals surface area contributed by atoms with Crippen LogP contribution in [0.1, 0.15) is 49.8 Å². The second-order valence-electron chi connectivity index (χ2n) is 9.51. The van der Waals surface area contributed by atoms with Crippen LogP contribution in [0.3, 0.4) is 0 Å². The number of carbonyl (C=O) groups excluding carboxylic acids is 1. The van der Waals surface area contributed by atoms with E-state index in [1.807, 2.05) is 40.6 Å². The van der Waals surface area contributed by atoms with Gasteiger partial charge in [0.1, 0.15) is 11.2 Å². The Bertz CT molecular complexity index is 1430. The molecule has 10 nitrogen and oxygen atoms in total. The lowest BCUT2D eigenvalue weighted by Crippen LogP contribution is -2.51. The number of carbonyl (C=O) groups is 1. The topological polar surface area (TPSA) is 116 Å². The number of pyridine rings is 1. The second-order valence-corrected chi connectivity index (χ2v) is 9.51. The minimum absolute atomic E-state index is 0.211.